The van der Waals surface area contributed by atoms with Gasteiger partial charge in [-0.1, -0.05) is 0 Å². The Morgan fingerprint density at radius 2 is 1.19 bits per heavy atom. The number of ether oxygens (including phenoxy) is 2. The van der Waals surface area contributed by atoms with Crippen molar-refractivity contribution in [3.8, 4) is 0 Å². The molecule has 2 heterocycles. The summed E-state index contributed by atoms with van der Waals surface area (Å²) >= 11 is 0. The van der Waals surface area contributed by atoms with E-state index in [-0.39, 0.29) is 0 Å². The first-order chi connectivity index (χ1) is 7.62. The van der Waals surface area contributed by atoms with Crippen LogP contribution in [0.25, 0.3) is 0 Å². The van der Waals surface area contributed by atoms with E-state index in [1.807, 2.05) is 13.8 Å². The molecule has 0 aromatic rings. The predicted molar refractivity (Wildman–Crippen MR) is 58.6 cm³/mol. The van der Waals surface area contributed by atoms with Crippen LogP contribution in [0.15, 0.2) is 0 Å². The van der Waals surface area contributed by atoms with Crippen molar-refractivity contribution in [2.24, 2.45) is 0 Å². The largest absolute Gasteiger partial charge is 0.348 e. The lowest BCUT2D eigenvalue weighted by Crippen LogP contribution is -2.42. The highest BCUT2D eigenvalue weighted by atomic mass is 17.3. The zero-order valence-corrected chi connectivity index (χ0v) is 10.3. The van der Waals surface area contributed by atoms with Gasteiger partial charge in [-0.25, -0.2) is 0 Å². The Labute approximate surface area is 97.1 Å². The average molecular weight is 230 g/mol. The summed E-state index contributed by atoms with van der Waals surface area (Å²) in [6.45, 7) is 5.35. The summed E-state index contributed by atoms with van der Waals surface area (Å²) in [6.07, 6.45) is 6.21. The van der Waals surface area contributed by atoms with Gasteiger partial charge in [0.25, 0.3) is 0 Å². The van der Waals surface area contributed by atoms with E-state index in [2.05, 4.69) is 0 Å². The zero-order valence-electron chi connectivity index (χ0n) is 10.3. The third-order valence-electron chi connectivity index (χ3n) is 3.26. The predicted octanol–water partition coefficient (Wildman–Crippen LogP) is 2.77. The molecule has 0 bridgehead atoms. The average Bonchev–Trinajstić information content (AvgIpc) is 2.29. The molecule has 4 nitrogen and oxygen atoms in total. The lowest BCUT2D eigenvalue weighted by Gasteiger charge is -2.37. The molecule has 0 saturated carbocycles. The van der Waals surface area contributed by atoms with E-state index in [9.17, 15) is 0 Å². The maximum absolute atomic E-state index is 5.60. The van der Waals surface area contributed by atoms with Gasteiger partial charge < -0.3 is 9.47 Å². The molecule has 94 valence electrons. The Bertz CT molecular complexity index is 193. The zero-order chi connectivity index (χ0) is 11.5. The molecule has 0 spiro atoms. The van der Waals surface area contributed by atoms with E-state index in [4.69, 9.17) is 19.2 Å². The number of hydrogen-bond acceptors (Lipinski definition) is 4. The summed E-state index contributed by atoms with van der Waals surface area (Å²) in [5.74, 6) is -1.19. The van der Waals surface area contributed by atoms with Crippen molar-refractivity contribution in [2.45, 2.75) is 63.9 Å². The van der Waals surface area contributed by atoms with E-state index < -0.39 is 11.6 Å². The van der Waals surface area contributed by atoms with Crippen LogP contribution in [0.4, 0.5) is 0 Å². The molecule has 0 aromatic carbocycles. The van der Waals surface area contributed by atoms with Gasteiger partial charge in [-0.2, -0.15) is 9.78 Å². The van der Waals surface area contributed by atoms with E-state index >= 15 is 0 Å². The van der Waals surface area contributed by atoms with Crippen LogP contribution >= 0.6 is 0 Å². The third kappa shape index (κ3) is 3.17. The van der Waals surface area contributed by atoms with Crippen LogP contribution in [-0.4, -0.2) is 24.8 Å². The van der Waals surface area contributed by atoms with Crippen molar-refractivity contribution in [3.63, 3.8) is 0 Å². The van der Waals surface area contributed by atoms with E-state index in [1.165, 1.54) is 0 Å². The van der Waals surface area contributed by atoms with Gasteiger partial charge in [0.05, 0.1) is 13.2 Å². The van der Waals surface area contributed by atoms with Crippen LogP contribution in [0.2, 0.25) is 0 Å². The summed E-state index contributed by atoms with van der Waals surface area (Å²) in [7, 11) is 0. The number of rotatable bonds is 3. The summed E-state index contributed by atoms with van der Waals surface area (Å²) in [5.41, 5.74) is 0. The fourth-order valence-corrected chi connectivity index (χ4v) is 2.12. The molecule has 4 heteroatoms. The van der Waals surface area contributed by atoms with Crippen molar-refractivity contribution < 1.29 is 19.2 Å². The maximum Gasteiger partial charge on any atom is 0.198 e. The molecule has 2 aliphatic heterocycles. The monoisotopic (exact) mass is 230 g/mol. The second-order valence-electron chi connectivity index (χ2n) is 5.05. The molecular formula is C12H22O4. The van der Waals surface area contributed by atoms with Gasteiger partial charge >= 0.3 is 0 Å². The van der Waals surface area contributed by atoms with Gasteiger partial charge in [0.1, 0.15) is 0 Å². The molecule has 2 atom stereocenters. The molecule has 2 unspecified atom stereocenters. The van der Waals surface area contributed by atoms with Crippen molar-refractivity contribution in [2.75, 3.05) is 13.2 Å². The molecule has 0 radical (unpaired) electrons. The molecule has 0 aromatic heterocycles. The minimum atomic E-state index is -0.595. The Kier molecular flexibility index (Phi) is 3.85. The Hall–Kier alpha value is -0.160. The second-order valence-corrected chi connectivity index (χ2v) is 5.05. The first-order valence-electron chi connectivity index (χ1n) is 6.27. The SMILES string of the molecule is CC1(OOC2(C)CCCCO2)CCCCO1. The minimum absolute atomic E-state index is 0.595. The van der Waals surface area contributed by atoms with Crippen LogP contribution in [0.3, 0.4) is 0 Å². The highest BCUT2D eigenvalue weighted by Gasteiger charge is 2.36. The van der Waals surface area contributed by atoms with Crippen molar-refractivity contribution in [1.82, 2.24) is 0 Å². The summed E-state index contributed by atoms with van der Waals surface area (Å²) in [6, 6.07) is 0. The van der Waals surface area contributed by atoms with Crippen molar-refractivity contribution in [1.29, 1.82) is 0 Å². The molecule has 0 aliphatic carbocycles. The van der Waals surface area contributed by atoms with Crippen LogP contribution in [0.1, 0.15) is 52.4 Å². The minimum Gasteiger partial charge on any atom is -0.348 e. The Morgan fingerprint density at radius 1 is 0.750 bits per heavy atom. The normalized spacial score (nSPS) is 40.9. The molecule has 2 rings (SSSR count). The smallest absolute Gasteiger partial charge is 0.198 e. The maximum atomic E-state index is 5.60. The van der Waals surface area contributed by atoms with E-state index in [0.717, 1.165) is 51.7 Å². The lowest BCUT2D eigenvalue weighted by molar-refractivity contribution is -0.505. The van der Waals surface area contributed by atoms with Crippen LogP contribution < -0.4 is 0 Å². The second kappa shape index (κ2) is 5.00. The summed E-state index contributed by atoms with van der Waals surface area (Å²) in [4.78, 5) is 10.9. The standard InChI is InChI=1S/C12H22O4/c1-11(7-3-5-9-13-11)15-16-12(2)8-4-6-10-14-12/h3-10H2,1-2H3. The van der Waals surface area contributed by atoms with Gasteiger partial charge in [-0.3, -0.25) is 0 Å². The van der Waals surface area contributed by atoms with Crippen LogP contribution in [-0.2, 0) is 19.2 Å². The van der Waals surface area contributed by atoms with Gasteiger partial charge in [0, 0.05) is 12.8 Å². The van der Waals surface area contributed by atoms with E-state index in [1.54, 1.807) is 0 Å². The fraction of sp³-hybridized carbons (Fsp3) is 1.00. The van der Waals surface area contributed by atoms with Crippen LogP contribution in [0, 0.1) is 0 Å². The lowest BCUT2D eigenvalue weighted by atomic mass is 10.1. The molecule has 0 N–H and O–H groups in total. The van der Waals surface area contributed by atoms with Crippen molar-refractivity contribution in [3.05, 3.63) is 0 Å². The first-order valence-corrected chi connectivity index (χ1v) is 6.27. The highest BCUT2D eigenvalue weighted by Crippen LogP contribution is 2.31. The molecule has 2 fully saturated rings. The van der Waals surface area contributed by atoms with Gasteiger partial charge in [-0.15, -0.1) is 0 Å². The fourth-order valence-electron chi connectivity index (χ4n) is 2.12. The quantitative estimate of drug-likeness (QED) is 0.552. The highest BCUT2D eigenvalue weighted by molar-refractivity contribution is 4.69. The summed E-state index contributed by atoms with van der Waals surface area (Å²) in [5, 5.41) is 0. The van der Waals surface area contributed by atoms with Crippen LogP contribution in [0.5, 0.6) is 0 Å². The van der Waals surface area contributed by atoms with Crippen molar-refractivity contribution >= 4 is 0 Å². The van der Waals surface area contributed by atoms with E-state index in [0.29, 0.717) is 0 Å². The summed E-state index contributed by atoms with van der Waals surface area (Å²) < 4.78 is 11.2. The third-order valence-corrected chi connectivity index (χ3v) is 3.26. The molecule has 2 saturated heterocycles. The Balaban J connectivity index is 1.80. The van der Waals surface area contributed by atoms with Gasteiger partial charge in [0.2, 0.25) is 0 Å². The Morgan fingerprint density at radius 3 is 1.50 bits per heavy atom. The topological polar surface area (TPSA) is 36.9 Å². The number of hydrogen-bond donors (Lipinski definition) is 0. The molecule has 0 amide bonds. The van der Waals surface area contributed by atoms with Gasteiger partial charge in [0.15, 0.2) is 11.6 Å². The first kappa shape index (κ1) is 12.3. The molecule has 16 heavy (non-hydrogen) atoms. The molecular weight excluding hydrogens is 208 g/mol. The molecule has 2 aliphatic rings. The van der Waals surface area contributed by atoms with Gasteiger partial charge in [-0.05, 0) is 39.5 Å².